The van der Waals surface area contributed by atoms with Gasteiger partial charge < -0.3 is 26.0 Å². The van der Waals surface area contributed by atoms with Crippen LogP contribution in [0.15, 0.2) is 49.4 Å². The number of nitrogens with two attached hydrogens (primary N) is 1. The lowest BCUT2D eigenvalue weighted by Gasteiger charge is -2.31. The van der Waals surface area contributed by atoms with E-state index in [4.69, 9.17) is 10.5 Å². The van der Waals surface area contributed by atoms with Crippen LogP contribution < -0.4 is 21.1 Å². The summed E-state index contributed by atoms with van der Waals surface area (Å²) in [5.74, 6) is 1.02. The lowest BCUT2D eigenvalue weighted by molar-refractivity contribution is -0.127. The molecule has 0 bridgehead atoms. The molecule has 0 unspecified atom stereocenters. The number of amides is 2. The zero-order chi connectivity index (χ0) is 25.9. The predicted molar refractivity (Wildman–Crippen MR) is 139 cm³/mol. The molecule has 0 atom stereocenters. The van der Waals surface area contributed by atoms with E-state index in [1.54, 1.807) is 18.2 Å². The Morgan fingerprint density at radius 1 is 1.16 bits per heavy atom. The average molecular weight is 503 g/mol. The average Bonchev–Trinajstić information content (AvgIpc) is 3.66. The van der Waals surface area contributed by atoms with Crippen molar-refractivity contribution in [2.24, 2.45) is 5.73 Å². The lowest BCUT2D eigenvalue weighted by Crippen LogP contribution is -2.38. The summed E-state index contributed by atoms with van der Waals surface area (Å²) in [4.78, 5) is 34.6. The third-order valence-corrected chi connectivity index (χ3v) is 6.78. The van der Waals surface area contributed by atoms with Crippen LogP contribution in [0.2, 0.25) is 0 Å². The van der Waals surface area contributed by atoms with Crippen LogP contribution in [0.4, 0.5) is 23.1 Å². The minimum Gasteiger partial charge on any atom is -0.495 e. The van der Waals surface area contributed by atoms with Crippen LogP contribution in [0.25, 0.3) is 0 Å². The van der Waals surface area contributed by atoms with E-state index in [0.29, 0.717) is 42.2 Å². The van der Waals surface area contributed by atoms with Crippen molar-refractivity contribution >= 4 is 35.0 Å². The van der Waals surface area contributed by atoms with Gasteiger partial charge in [0, 0.05) is 25.5 Å². The minimum atomic E-state index is -0.633. The van der Waals surface area contributed by atoms with Gasteiger partial charge in [-0.15, -0.1) is 0 Å². The van der Waals surface area contributed by atoms with Crippen molar-refractivity contribution in [3.63, 3.8) is 0 Å². The number of carbonyl (C=O) groups excluding carboxylic acids is 2. The van der Waals surface area contributed by atoms with Gasteiger partial charge in [0.05, 0.1) is 30.7 Å². The molecule has 4 N–H and O–H groups in total. The van der Waals surface area contributed by atoms with Gasteiger partial charge >= 0.3 is 0 Å². The molecule has 0 spiro atoms. The number of primary amides is 1. The van der Waals surface area contributed by atoms with E-state index in [0.717, 1.165) is 36.9 Å². The number of hydrogen-bond donors (Lipinski definition) is 3. The molecule has 1 saturated carbocycles. The van der Waals surface area contributed by atoms with Gasteiger partial charge in [-0.25, -0.2) is 4.98 Å². The number of hydrogen-bond acceptors (Lipinski definition) is 8. The largest absolute Gasteiger partial charge is 0.495 e. The van der Waals surface area contributed by atoms with Crippen LogP contribution >= 0.6 is 0 Å². The molecule has 2 aliphatic rings. The molecule has 2 amide bonds. The molecule has 3 aromatic rings. The molecule has 0 radical (unpaired) electrons. The molecule has 2 fully saturated rings. The summed E-state index contributed by atoms with van der Waals surface area (Å²) in [5.41, 5.74) is 8.39. The number of aromatic nitrogens is 4. The Morgan fingerprint density at radius 2 is 1.95 bits per heavy atom. The second-order valence-corrected chi connectivity index (χ2v) is 9.24. The summed E-state index contributed by atoms with van der Waals surface area (Å²) in [6.07, 6.45) is 10.2. The topological polar surface area (TPSA) is 140 Å². The van der Waals surface area contributed by atoms with E-state index in [-0.39, 0.29) is 17.5 Å². The summed E-state index contributed by atoms with van der Waals surface area (Å²) in [7, 11) is 1.61. The Bertz CT molecular complexity index is 1330. The second kappa shape index (κ2) is 10.3. The SMILES string of the molecule is C=CC(=O)N1CCC(n2cc(Nc3ncc(C(N)=O)c(Nc4c(OC)cccc4C4CC4)n3)cn2)CC1. The fraction of sp³-hybridized carbons (Fsp3) is 0.346. The molecule has 3 heterocycles. The van der Waals surface area contributed by atoms with E-state index >= 15 is 0 Å². The number of carbonyl (C=O) groups is 2. The number of ether oxygens (including phenoxy) is 1. The van der Waals surface area contributed by atoms with Crippen molar-refractivity contribution in [2.75, 3.05) is 30.8 Å². The smallest absolute Gasteiger partial charge is 0.254 e. The van der Waals surface area contributed by atoms with Gasteiger partial charge in [-0.1, -0.05) is 18.7 Å². The zero-order valence-corrected chi connectivity index (χ0v) is 20.7. The fourth-order valence-electron chi connectivity index (χ4n) is 4.63. The van der Waals surface area contributed by atoms with Crippen molar-refractivity contribution in [3.8, 4) is 5.75 Å². The predicted octanol–water partition coefficient (Wildman–Crippen LogP) is 3.49. The van der Waals surface area contributed by atoms with Gasteiger partial charge in [-0.3, -0.25) is 14.3 Å². The van der Waals surface area contributed by atoms with Gasteiger partial charge in [0.2, 0.25) is 11.9 Å². The Kier molecular flexibility index (Phi) is 6.76. The standard InChI is InChI=1S/C26H30N8O3/c1-3-22(35)33-11-9-18(10-12-33)34-15-17(13-29-34)30-26-28-14-20(24(27)36)25(32-26)31-23-19(16-7-8-16)5-4-6-21(23)37-2/h3-6,13-16,18H,1,7-12H2,2H3,(H2,27,36)(H2,28,30,31,32). The molecule has 11 heteroatoms. The third kappa shape index (κ3) is 5.25. The maximum Gasteiger partial charge on any atom is 0.254 e. The van der Waals surface area contributed by atoms with Crippen LogP contribution in [0.3, 0.4) is 0 Å². The number of methoxy groups -OCH3 is 1. The molecule has 1 aromatic carbocycles. The van der Waals surface area contributed by atoms with Crippen LogP contribution in [0.1, 0.15) is 53.6 Å². The number of piperidine rings is 1. The molecule has 1 aliphatic heterocycles. The van der Waals surface area contributed by atoms with E-state index in [9.17, 15) is 9.59 Å². The van der Waals surface area contributed by atoms with E-state index in [1.165, 1.54) is 12.3 Å². The lowest BCUT2D eigenvalue weighted by atomic mass is 10.1. The Morgan fingerprint density at radius 3 is 2.62 bits per heavy atom. The Labute approximate surface area is 214 Å². The van der Waals surface area contributed by atoms with Crippen LogP contribution in [-0.4, -0.2) is 56.7 Å². The van der Waals surface area contributed by atoms with Crippen molar-refractivity contribution in [2.45, 2.75) is 37.6 Å². The fourth-order valence-corrected chi connectivity index (χ4v) is 4.63. The monoisotopic (exact) mass is 502 g/mol. The quantitative estimate of drug-likeness (QED) is 0.378. The highest BCUT2D eigenvalue weighted by Crippen LogP contribution is 2.47. The molecule has 11 nitrogen and oxygen atoms in total. The summed E-state index contributed by atoms with van der Waals surface area (Å²) >= 11 is 0. The van der Waals surface area contributed by atoms with Crippen LogP contribution in [0.5, 0.6) is 5.75 Å². The number of nitrogens with one attached hydrogen (secondary N) is 2. The summed E-state index contributed by atoms with van der Waals surface area (Å²) in [5, 5.41) is 10.9. The van der Waals surface area contributed by atoms with E-state index in [2.05, 4.69) is 38.3 Å². The van der Waals surface area contributed by atoms with Gasteiger partial charge in [-0.05, 0) is 49.3 Å². The van der Waals surface area contributed by atoms with Crippen molar-refractivity contribution < 1.29 is 14.3 Å². The van der Waals surface area contributed by atoms with Crippen LogP contribution in [0, 0.1) is 0 Å². The first kappa shape index (κ1) is 24.3. The van der Waals surface area contributed by atoms with Gasteiger partial charge in [0.1, 0.15) is 17.1 Å². The first-order valence-corrected chi connectivity index (χ1v) is 12.3. The van der Waals surface area contributed by atoms with Crippen molar-refractivity contribution in [1.82, 2.24) is 24.6 Å². The highest BCUT2D eigenvalue weighted by Gasteiger charge is 2.28. The van der Waals surface area contributed by atoms with Gasteiger partial charge in [0.15, 0.2) is 0 Å². The highest BCUT2D eigenvalue weighted by molar-refractivity contribution is 5.98. The first-order valence-electron chi connectivity index (χ1n) is 12.3. The molecule has 192 valence electrons. The third-order valence-electron chi connectivity index (χ3n) is 6.78. The number of likely N-dealkylation sites (tertiary alicyclic amines) is 1. The number of nitrogens with zero attached hydrogens (tertiary/aromatic N) is 5. The molecular weight excluding hydrogens is 472 g/mol. The van der Waals surface area contributed by atoms with E-state index < -0.39 is 5.91 Å². The summed E-state index contributed by atoms with van der Waals surface area (Å²) < 4.78 is 7.47. The number of rotatable bonds is 9. The molecule has 1 aliphatic carbocycles. The number of para-hydroxylation sites is 1. The van der Waals surface area contributed by atoms with Gasteiger partial charge in [0.25, 0.3) is 5.91 Å². The van der Waals surface area contributed by atoms with Crippen LogP contribution in [-0.2, 0) is 4.79 Å². The minimum absolute atomic E-state index is 0.0420. The normalized spacial score (nSPS) is 15.8. The second-order valence-electron chi connectivity index (χ2n) is 9.24. The Hall–Kier alpha value is -4.41. The summed E-state index contributed by atoms with van der Waals surface area (Å²) in [6.45, 7) is 4.89. The van der Waals surface area contributed by atoms with Crippen molar-refractivity contribution in [1.29, 1.82) is 0 Å². The number of benzene rings is 1. The van der Waals surface area contributed by atoms with Crippen molar-refractivity contribution in [3.05, 3.63) is 60.6 Å². The first-order chi connectivity index (χ1) is 18.0. The maximum atomic E-state index is 12.1. The molecule has 5 rings (SSSR count). The maximum absolute atomic E-state index is 12.1. The van der Waals surface area contributed by atoms with E-state index in [1.807, 2.05) is 23.0 Å². The molecular formula is C26H30N8O3. The summed E-state index contributed by atoms with van der Waals surface area (Å²) in [6, 6.07) is 6.06. The highest BCUT2D eigenvalue weighted by atomic mass is 16.5. The number of anilines is 4. The van der Waals surface area contributed by atoms with Gasteiger partial charge in [-0.2, -0.15) is 10.1 Å². The Balaban J connectivity index is 1.34. The zero-order valence-electron chi connectivity index (χ0n) is 20.7. The molecule has 37 heavy (non-hydrogen) atoms. The molecule has 1 saturated heterocycles. The molecule has 2 aromatic heterocycles.